The summed E-state index contributed by atoms with van der Waals surface area (Å²) in [6.45, 7) is 1.99. The van der Waals surface area contributed by atoms with E-state index in [2.05, 4.69) is 21.2 Å². The van der Waals surface area contributed by atoms with Crippen LogP contribution < -0.4 is 5.32 Å². The van der Waals surface area contributed by atoms with E-state index in [0.29, 0.717) is 5.56 Å². The van der Waals surface area contributed by atoms with Crippen LogP contribution in [0.25, 0.3) is 21.5 Å². The van der Waals surface area contributed by atoms with E-state index in [1.807, 2.05) is 42.6 Å². The zero-order valence-electron chi connectivity index (χ0n) is 18.2. The van der Waals surface area contributed by atoms with Crippen LogP contribution in [0.5, 0.6) is 0 Å². The molecule has 0 saturated heterocycles. The number of fused-ring (bicyclic) bond motifs is 4. The van der Waals surface area contributed by atoms with Crippen molar-refractivity contribution in [1.82, 2.24) is 10.3 Å². The molecule has 6 rings (SSSR count). The third-order valence-corrected chi connectivity index (χ3v) is 8.79. The first kappa shape index (κ1) is 21.6. The standard InChI is InChI=1S/C25H25BrN2O3S/c1-15-20(17-14-16(26)5-6-18(17)27-21(15)19-4-3-13-32-19)22(29)28-25-10-7-24(8-11-25,9-12-25)23(30)31-2/h3-6,13-14H,7-12H2,1-2H3,(H,28,29). The maximum absolute atomic E-state index is 13.8. The average Bonchev–Trinajstić information content (AvgIpc) is 3.33. The van der Waals surface area contributed by atoms with Crippen LogP contribution in [0.3, 0.4) is 0 Å². The number of amides is 1. The van der Waals surface area contributed by atoms with E-state index in [-0.39, 0.29) is 22.8 Å². The topological polar surface area (TPSA) is 68.3 Å². The Balaban J connectivity index is 1.52. The van der Waals surface area contributed by atoms with E-state index in [1.165, 1.54) is 7.11 Å². The maximum Gasteiger partial charge on any atom is 0.311 e. The smallest absolute Gasteiger partial charge is 0.311 e. The number of carbonyl (C=O) groups is 2. The van der Waals surface area contributed by atoms with Gasteiger partial charge < -0.3 is 10.1 Å². The summed E-state index contributed by atoms with van der Waals surface area (Å²) in [7, 11) is 1.47. The summed E-state index contributed by atoms with van der Waals surface area (Å²) >= 11 is 5.18. The summed E-state index contributed by atoms with van der Waals surface area (Å²) in [6, 6.07) is 9.93. The van der Waals surface area contributed by atoms with Crippen molar-refractivity contribution in [2.75, 3.05) is 7.11 Å². The number of nitrogens with zero attached hydrogens (tertiary/aromatic N) is 1. The van der Waals surface area contributed by atoms with E-state index in [9.17, 15) is 9.59 Å². The molecule has 1 N–H and O–H groups in total. The molecule has 3 aliphatic carbocycles. The molecule has 3 aliphatic rings. The van der Waals surface area contributed by atoms with Crippen LogP contribution in [-0.2, 0) is 9.53 Å². The number of benzene rings is 1. The van der Waals surface area contributed by atoms with Crippen LogP contribution in [0.2, 0.25) is 0 Å². The Kier molecular flexibility index (Phi) is 5.37. The molecule has 0 atom stereocenters. The van der Waals surface area contributed by atoms with E-state index < -0.39 is 0 Å². The summed E-state index contributed by atoms with van der Waals surface area (Å²) in [6.07, 6.45) is 4.71. The minimum atomic E-state index is -0.363. The number of nitrogens with one attached hydrogen (secondary N) is 1. The summed E-state index contributed by atoms with van der Waals surface area (Å²) in [5.41, 5.74) is 2.62. The highest BCUT2D eigenvalue weighted by Crippen LogP contribution is 2.53. The first-order valence-electron chi connectivity index (χ1n) is 10.9. The van der Waals surface area contributed by atoms with Crippen molar-refractivity contribution in [3.63, 3.8) is 0 Å². The summed E-state index contributed by atoms with van der Waals surface area (Å²) < 4.78 is 6.00. The minimum Gasteiger partial charge on any atom is -0.469 e. The lowest BCUT2D eigenvalue weighted by Gasteiger charge is -2.52. The highest BCUT2D eigenvalue weighted by molar-refractivity contribution is 9.10. The van der Waals surface area contributed by atoms with E-state index in [4.69, 9.17) is 9.72 Å². The lowest BCUT2D eigenvalue weighted by Crippen LogP contribution is -2.58. The number of rotatable bonds is 4. The summed E-state index contributed by atoms with van der Waals surface area (Å²) in [5.74, 6) is -0.156. The van der Waals surface area contributed by atoms with Gasteiger partial charge in [-0.2, -0.15) is 0 Å². The number of aromatic nitrogens is 1. The second-order valence-electron chi connectivity index (χ2n) is 9.11. The molecular formula is C25H25BrN2O3S. The Hall–Kier alpha value is -2.25. The van der Waals surface area contributed by atoms with Crippen LogP contribution in [0, 0.1) is 12.3 Å². The van der Waals surface area contributed by atoms with Gasteiger partial charge in [0.1, 0.15) is 0 Å². The van der Waals surface area contributed by atoms with Gasteiger partial charge in [-0.1, -0.05) is 22.0 Å². The molecule has 2 aromatic heterocycles. The number of ether oxygens (including phenoxy) is 1. The quantitative estimate of drug-likeness (QED) is 0.433. The Morgan fingerprint density at radius 2 is 1.84 bits per heavy atom. The van der Waals surface area contributed by atoms with Gasteiger partial charge in [0.25, 0.3) is 5.91 Å². The Labute approximate surface area is 199 Å². The van der Waals surface area contributed by atoms with Crippen molar-refractivity contribution in [3.8, 4) is 10.6 Å². The van der Waals surface area contributed by atoms with Gasteiger partial charge in [0, 0.05) is 15.4 Å². The van der Waals surface area contributed by atoms with E-state index >= 15 is 0 Å². The molecule has 1 amide bonds. The number of esters is 1. The predicted molar refractivity (Wildman–Crippen MR) is 130 cm³/mol. The van der Waals surface area contributed by atoms with Crippen LogP contribution >= 0.6 is 27.3 Å². The fourth-order valence-electron chi connectivity index (χ4n) is 5.48. The van der Waals surface area contributed by atoms with Gasteiger partial charge in [0.2, 0.25) is 0 Å². The van der Waals surface area contributed by atoms with Crippen molar-refractivity contribution in [1.29, 1.82) is 0 Å². The monoisotopic (exact) mass is 512 g/mol. The maximum atomic E-state index is 13.8. The summed E-state index contributed by atoms with van der Waals surface area (Å²) in [5, 5.41) is 6.28. The molecule has 3 fully saturated rings. The number of methoxy groups -OCH3 is 1. The van der Waals surface area contributed by atoms with E-state index in [1.54, 1.807) is 11.3 Å². The average molecular weight is 513 g/mol. The second-order valence-corrected chi connectivity index (χ2v) is 11.0. The lowest BCUT2D eigenvalue weighted by atomic mass is 9.57. The number of hydrogen-bond acceptors (Lipinski definition) is 5. The minimum absolute atomic E-state index is 0.0572. The summed E-state index contributed by atoms with van der Waals surface area (Å²) in [4.78, 5) is 32.1. The van der Waals surface area contributed by atoms with Crippen molar-refractivity contribution in [2.24, 2.45) is 5.41 Å². The van der Waals surface area contributed by atoms with Crippen LogP contribution in [0.4, 0.5) is 0 Å². The Bertz CT molecular complexity index is 1200. The highest BCUT2D eigenvalue weighted by atomic mass is 79.9. The largest absolute Gasteiger partial charge is 0.469 e. The lowest BCUT2D eigenvalue weighted by molar-refractivity contribution is -0.160. The molecule has 32 heavy (non-hydrogen) atoms. The van der Waals surface area contributed by atoms with Crippen LogP contribution in [0.1, 0.15) is 54.4 Å². The van der Waals surface area contributed by atoms with Gasteiger partial charge in [0.15, 0.2) is 0 Å². The van der Waals surface area contributed by atoms with Gasteiger partial charge in [-0.05, 0) is 80.7 Å². The highest BCUT2D eigenvalue weighted by Gasteiger charge is 2.53. The first-order valence-corrected chi connectivity index (χ1v) is 12.6. The third kappa shape index (κ3) is 3.46. The number of hydrogen-bond donors (Lipinski definition) is 1. The van der Waals surface area contributed by atoms with Gasteiger partial charge in [-0.15, -0.1) is 11.3 Å². The number of carbonyl (C=O) groups excluding carboxylic acids is 2. The molecule has 5 nitrogen and oxygen atoms in total. The molecule has 2 bridgehead atoms. The molecular weight excluding hydrogens is 488 g/mol. The van der Waals surface area contributed by atoms with Gasteiger partial charge >= 0.3 is 5.97 Å². The van der Waals surface area contributed by atoms with Crippen molar-refractivity contribution >= 4 is 50.0 Å². The Morgan fingerprint density at radius 1 is 1.12 bits per heavy atom. The normalized spacial score (nSPS) is 24.5. The fraction of sp³-hybridized carbons (Fsp3) is 0.400. The number of thiophene rings is 1. The van der Waals surface area contributed by atoms with Crippen LogP contribution in [0.15, 0.2) is 40.2 Å². The molecule has 0 unspecified atom stereocenters. The molecule has 0 spiro atoms. The molecule has 3 saturated carbocycles. The van der Waals surface area contributed by atoms with Gasteiger partial charge in [-0.25, -0.2) is 4.98 Å². The van der Waals surface area contributed by atoms with Crippen molar-refractivity contribution < 1.29 is 14.3 Å². The third-order valence-electron chi connectivity index (χ3n) is 7.42. The zero-order valence-corrected chi connectivity index (χ0v) is 20.6. The predicted octanol–water partition coefficient (Wildman–Crippen LogP) is 6.03. The molecule has 0 aliphatic heterocycles. The second kappa shape index (κ2) is 7.96. The molecule has 0 radical (unpaired) electrons. The zero-order chi connectivity index (χ0) is 22.5. The van der Waals surface area contributed by atoms with Gasteiger partial charge in [0.05, 0.1) is 34.2 Å². The van der Waals surface area contributed by atoms with Crippen molar-refractivity contribution in [2.45, 2.75) is 51.0 Å². The molecule has 166 valence electrons. The molecule has 2 heterocycles. The molecule has 7 heteroatoms. The number of halogens is 1. The van der Waals surface area contributed by atoms with Crippen molar-refractivity contribution in [3.05, 3.63) is 51.3 Å². The fourth-order valence-corrected chi connectivity index (χ4v) is 6.61. The number of pyridine rings is 1. The van der Waals surface area contributed by atoms with Crippen LogP contribution in [-0.4, -0.2) is 29.5 Å². The Morgan fingerprint density at radius 3 is 2.47 bits per heavy atom. The SMILES string of the molecule is COC(=O)C12CCC(NC(=O)c3c(C)c(-c4cccs4)nc4ccc(Br)cc34)(CC1)CC2. The van der Waals surface area contributed by atoms with E-state index in [0.717, 1.165) is 70.0 Å². The van der Waals surface area contributed by atoms with Gasteiger partial charge in [-0.3, -0.25) is 9.59 Å². The first-order chi connectivity index (χ1) is 15.4. The molecule has 3 aromatic rings. The molecule has 1 aromatic carbocycles.